The number of hydrogen-bond donors (Lipinski definition) is 1. The van der Waals surface area contributed by atoms with Crippen LogP contribution in [0, 0.1) is 5.92 Å². The monoisotopic (exact) mass is 426 g/mol. The molecule has 1 saturated heterocycles. The highest BCUT2D eigenvalue weighted by atomic mass is 16.6. The summed E-state index contributed by atoms with van der Waals surface area (Å²) in [5, 5.41) is 3.06. The van der Waals surface area contributed by atoms with Crippen LogP contribution in [0.1, 0.15) is 83.7 Å². The van der Waals surface area contributed by atoms with Gasteiger partial charge in [-0.2, -0.15) is 0 Å². The summed E-state index contributed by atoms with van der Waals surface area (Å²) in [4.78, 5) is 14.7. The summed E-state index contributed by atoms with van der Waals surface area (Å²) >= 11 is 0. The zero-order valence-electron chi connectivity index (χ0n) is 19.4. The molecule has 4 rings (SSSR count). The van der Waals surface area contributed by atoms with Crippen LogP contribution in [0.5, 0.6) is 0 Å². The quantitative estimate of drug-likeness (QED) is 0.602. The number of hydrogen-bond acceptors (Lipinski definition) is 4. The van der Waals surface area contributed by atoms with E-state index in [1.165, 1.54) is 56.2 Å². The molecule has 0 aromatic rings. The number of nitrogens with zero attached hydrogens (tertiary/aromatic N) is 1. The van der Waals surface area contributed by atoms with Gasteiger partial charge in [-0.1, -0.05) is 18.6 Å². The van der Waals surface area contributed by atoms with E-state index in [0.717, 1.165) is 31.1 Å². The van der Waals surface area contributed by atoms with Crippen LogP contribution >= 0.6 is 0 Å². The molecule has 1 saturated carbocycles. The number of carbonyl (C=O) groups excluding carboxylic acids is 1. The van der Waals surface area contributed by atoms with Gasteiger partial charge in [-0.15, -0.1) is 0 Å². The summed E-state index contributed by atoms with van der Waals surface area (Å²) in [7, 11) is 0. The van der Waals surface area contributed by atoms with Gasteiger partial charge in [0.05, 0.1) is 6.26 Å². The number of amides is 1. The van der Waals surface area contributed by atoms with E-state index in [-0.39, 0.29) is 12.1 Å². The fourth-order valence-corrected chi connectivity index (χ4v) is 5.33. The van der Waals surface area contributed by atoms with E-state index in [9.17, 15) is 4.79 Å². The Morgan fingerprint density at radius 1 is 1.13 bits per heavy atom. The molecule has 0 radical (unpaired) electrons. The molecular formula is C26H38N2O3. The van der Waals surface area contributed by atoms with E-state index >= 15 is 0 Å². The molecule has 2 fully saturated rings. The molecule has 0 aromatic heterocycles. The Balaban J connectivity index is 1.27. The maximum absolute atomic E-state index is 12.0. The van der Waals surface area contributed by atoms with Crippen molar-refractivity contribution in [2.24, 2.45) is 5.92 Å². The molecule has 170 valence electrons. The third-order valence-corrected chi connectivity index (χ3v) is 6.89. The summed E-state index contributed by atoms with van der Waals surface area (Å²) in [6.07, 6.45) is 11.1. The van der Waals surface area contributed by atoms with Crippen LogP contribution in [0.4, 0.5) is 4.79 Å². The fraction of sp³-hybridized carbons (Fsp3) is 0.654. The Kier molecular flexibility index (Phi) is 6.90. The van der Waals surface area contributed by atoms with Gasteiger partial charge in [0.25, 0.3) is 0 Å². The minimum Gasteiger partial charge on any atom is -0.464 e. The predicted octanol–water partition coefficient (Wildman–Crippen LogP) is 6.39. The highest BCUT2D eigenvalue weighted by Crippen LogP contribution is 2.39. The Labute approximate surface area is 186 Å². The van der Waals surface area contributed by atoms with Gasteiger partial charge in [0.1, 0.15) is 11.4 Å². The van der Waals surface area contributed by atoms with Crippen molar-refractivity contribution in [3.05, 3.63) is 36.1 Å². The third-order valence-electron chi connectivity index (χ3n) is 6.89. The van der Waals surface area contributed by atoms with Gasteiger partial charge in [0.15, 0.2) is 0 Å². The van der Waals surface area contributed by atoms with Gasteiger partial charge < -0.3 is 14.5 Å². The normalized spacial score (nSPS) is 25.5. The molecule has 2 aliphatic carbocycles. The van der Waals surface area contributed by atoms with Gasteiger partial charge in [-0.25, -0.2) is 4.79 Å². The minimum absolute atomic E-state index is 0.257. The number of ether oxygens (including phenoxy) is 1. The maximum Gasteiger partial charge on any atom is 0.407 e. The van der Waals surface area contributed by atoms with Gasteiger partial charge in [-0.3, -0.25) is 4.90 Å². The first-order valence-electron chi connectivity index (χ1n) is 12.1. The minimum atomic E-state index is -0.437. The second-order valence-corrected chi connectivity index (χ2v) is 10.4. The number of nitrogens with one attached hydrogen (secondary N) is 1. The molecule has 5 heteroatoms. The SMILES string of the molecule is CC(C)(C)OC(=O)N[C@H]1CC[C@H](CCN2CCCCC2c2ccoc3cccc2-3)CC1. The van der Waals surface area contributed by atoms with Gasteiger partial charge in [0.2, 0.25) is 0 Å². The van der Waals surface area contributed by atoms with Crippen molar-refractivity contribution >= 4 is 6.09 Å². The summed E-state index contributed by atoms with van der Waals surface area (Å²) in [5.74, 6) is 1.75. The van der Waals surface area contributed by atoms with E-state index in [0.29, 0.717) is 6.04 Å². The highest BCUT2D eigenvalue weighted by molar-refractivity contribution is 5.68. The predicted molar refractivity (Wildman–Crippen MR) is 123 cm³/mol. The van der Waals surface area contributed by atoms with Crippen molar-refractivity contribution in [1.82, 2.24) is 10.2 Å². The average Bonchev–Trinajstić information content (AvgIpc) is 3.21. The second-order valence-electron chi connectivity index (χ2n) is 10.4. The first-order valence-corrected chi connectivity index (χ1v) is 12.1. The topological polar surface area (TPSA) is 54.7 Å². The van der Waals surface area contributed by atoms with Crippen LogP contribution in [0.3, 0.4) is 0 Å². The lowest BCUT2D eigenvalue weighted by Crippen LogP contribution is -2.41. The number of likely N-dealkylation sites (tertiary alicyclic amines) is 1. The molecule has 0 bridgehead atoms. The molecule has 1 amide bonds. The third kappa shape index (κ3) is 5.82. The van der Waals surface area contributed by atoms with Gasteiger partial charge >= 0.3 is 6.09 Å². The summed E-state index contributed by atoms with van der Waals surface area (Å²) in [5.41, 5.74) is 2.26. The number of carbonyl (C=O) groups is 1. The Morgan fingerprint density at radius 2 is 1.94 bits per heavy atom. The molecule has 2 aliphatic heterocycles. The smallest absolute Gasteiger partial charge is 0.407 e. The van der Waals surface area contributed by atoms with Crippen molar-refractivity contribution in [2.45, 2.75) is 89.8 Å². The summed E-state index contributed by atoms with van der Waals surface area (Å²) in [6.45, 7) is 8.07. The van der Waals surface area contributed by atoms with E-state index in [2.05, 4.69) is 34.5 Å². The highest BCUT2D eigenvalue weighted by Gasteiger charge is 2.29. The zero-order valence-corrected chi connectivity index (χ0v) is 19.4. The zero-order chi connectivity index (χ0) is 21.8. The van der Waals surface area contributed by atoms with Crippen molar-refractivity contribution < 1.29 is 13.9 Å². The first kappa shape index (κ1) is 22.2. The lowest BCUT2D eigenvalue weighted by Gasteiger charge is -2.38. The first-order chi connectivity index (χ1) is 14.9. The Bertz CT molecular complexity index is 816. The standard InChI is InChI=1S/C26H38N2O3/c1-26(2,3)31-25(29)27-20-12-10-19(11-13-20)14-17-28-16-5-4-8-23(28)21-15-18-30-24-9-6-7-22(21)24/h6-7,9,15,18-20,23H,4-5,8,10-14,16-17H2,1-3H3,(H,27,29)/t19-,20-,23?. The molecule has 1 unspecified atom stereocenters. The Hall–Kier alpha value is -2.01. The van der Waals surface area contributed by atoms with E-state index < -0.39 is 5.60 Å². The summed E-state index contributed by atoms with van der Waals surface area (Å²) < 4.78 is 11.1. The number of rotatable bonds is 5. The molecule has 0 spiro atoms. The van der Waals surface area contributed by atoms with Gasteiger partial charge in [-0.05, 0) is 102 Å². The number of fused-ring (bicyclic) bond motifs is 1. The van der Waals surface area contributed by atoms with Crippen LogP contribution in [0.25, 0.3) is 11.3 Å². The molecule has 1 N–H and O–H groups in total. The molecule has 31 heavy (non-hydrogen) atoms. The second kappa shape index (κ2) is 9.64. The van der Waals surface area contributed by atoms with Crippen LogP contribution in [0.2, 0.25) is 0 Å². The van der Waals surface area contributed by atoms with Crippen molar-refractivity contribution in [1.29, 1.82) is 0 Å². The fourth-order valence-electron chi connectivity index (χ4n) is 5.33. The van der Waals surface area contributed by atoms with E-state index in [1.54, 1.807) is 0 Å². The van der Waals surface area contributed by atoms with E-state index in [1.807, 2.05) is 27.0 Å². The number of piperidine rings is 1. The van der Waals surface area contributed by atoms with E-state index in [4.69, 9.17) is 9.15 Å². The molecule has 4 aliphatic rings. The average molecular weight is 427 g/mol. The van der Waals surface area contributed by atoms with Crippen LogP contribution in [-0.2, 0) is 4.74 Å². The number of alkyl carbamates (subject to hydrolysis) is 1. The van der Waals surface area contributed by atoms with Crippen molar-refractivity contribution in [3.8, 4) is 11.3 Å². The van der Waals surface area contributed by atoms with Crippen LogP contribution in [0.15, 0.2) is 34.9 Å². The lowest BCUT2D eigenvalue weighted by atomic mass is 9.83. The van der Waals surface area contributed by atoms with Crippen molar-refractivity contribution in [2.75, 3.05) is 13.1 Å². The lowest BCUT2D eigenvalue weighted by molar-refractivity contribution is 0.0484. The molecule has 5 nitrogen and oxygen atoms in total. The van der Waals surface area contributed by atoms with Crippen molar-refractivity contribution in [3.63, 3.8) is 0 Å². The molecule has 2 heterocycles. The Morgan fingerprint density at radius 3 is 2.71 bits per heavy atom. The van der Waals surface area contributed by atoms with Crippen LogP contribution in [-0.4, -0.2) is 35.7 Å². The molecule has 0 aromatic carbocycles. The van der Waals surface area contributed by atoms with Gasteiger partial charge in [0, 0.05) is 17.6 Å². The molecular weight excluding hydrogens is 388 g/mol. The van der Waals surface area contributed by atoms with Crippen LogP contribution < -0.4 is 5.32 Å². The molecule has 1 atom stereocenters. The summed E-state index contributed by atoms with van der Waals surface area (Å²) in [6, 6.07) is 9.29. The largest absolute Gasteiger partial charge is 0.464 e. The maximum atomic E-state index is 12.0.